The summed E-state index contributed by atoms with van der Waals surface area (Å²) in [6.07, 6.45) is 2.26. The van der Waals surface area contributed by atoms with E-state index in [9.17, 15) is 9.59 Å². The summed E-state index contributed by atoms with van der Waals surface area (Å²) < 4.78 is 29.0. The van der Waals surface area contributed by atoms with Crippen LogP contribution in [0.4, 0.5) is 20.6 Å². The zero-order valence-corrected chi connectivity index (χ0v) is 24.0. The fourth-order valence-electron chi connectivity index (χ4n) is 5.57. The van der Waals surface area contributed by atoms with E-state index in [0.717, 1.165) is 41.7 Å². The molecule has 1 saturated heterocycles. The highest BCUT2D eigenvalue weighted by Crippen LogP contribution is 2.43. The average Bonchev–Trinajstić information content (AvgIpc) is 3.64. The second-order valence-electron chi connectivity index (χ2n) is 11.9. The van der Waals surface area contributed by atoms with E-state index in [0.29, 0.717) is 42.9 Å². The van der Waals surface area contributed by atoms with Gasteiger partial charge in [0.2, 0.25) is 0 Å². The smallest absolute Gasteiger partial charge is 0.407 e. The summed E-state index contributed by atoms with van der Waals surface area (Å²) in [6.45, 7) is 9.53. The Hall–Kier alpha value is -3.75. The molecule has 1 unspecified atom stereocenters. The molecule has 2 heterocycles. The van der Waals surface area contributed by atoms with Gasteiger partial charge in [0, 0.05) is 43.7 Å². The number of amides is 1. The van der Waals surface area contributed by atoms with Crippen LogP contribution in [-0.2, 0) is 11.3 Å². The summed E-state index contributed by atoms with van der Waals surface area (Å²) >= 11 is 0. The molecule has 9 heteroatoms. The van der Waals surface area contributed by atoms with Gasteiger partial charge in [-0.05, 0) is 82.2 Å². The molecule has 2 aliphatic rings. The first-order chi connectivity index (χ1) is 19.1. The summed E-state index contributed by atoms with van der Waals surface area (Å²) in [7, 11) is 1.62. The number of carbonyl (C=O) groups excluding carboxylic acids is 1. The maximum Gasteiger partial charge on any atom is 0.407 e. The molecule has 0 spiro atoms. The van der Waals surface area contributed by atoms with Crippen LogP contribution >= 0.6 is 0 Å². The Labute approximate surface area is 234 Å². The standard InChI is InChI=1S/C31H39FN4O4/c1-19-28-24(12-13-25(37)36(28)22-8-9-22)27(33-16-20-6-10-23(39-5)11-7-20)26(32)29(19)35-15-14-21(18-35)17-34-30(38)40-31(2,3)4/h6-7,10-13,21-22,33H,8-9,14-18H2,1-5H3,(H,34,38). The number of methoxy groups -OCH3 is 1. The quantitative estimate of drug-likeness (QED) is 0.371. The van der Waals surface area contributed by atoms with Crippen molar-refractivity contribution in [2.24, 2.45) is 5.92 Å². The van der Waals surface area contributed by atoms with Crippen molar-refractivity contribution in [2.75, 3.05) is 37.0 Å². The maximum absolute atomic E-state index is 16.5. The van der Waals surface area contributed by atoms with Crippen molar-refractivity contribution in [3.8, 4) is 5.75 Å². The van der Waals surface area contributed by atoms with Gasteiger partial charge in [-0.3, -0.25) is 4.79 Å². The monoisotopic (exact) mass is 550 g/mol. The van der Waals surface area contributed by atoms with Crippen LogP contribution in [0.5, 0.6) is 5.75 Å². The molecule has 2 aromatic carbocycles. The minimum Gasteiger partial charge on any atom is -0.497 e. The van der Waals surface area contributed by atoms with E-state index in [2.05, 4.69) is 15.5 Å². The molecule has 214 valence electrons. The normalized spacial score (nSPS) is 17.2. The van der Waals surface area contributed by atoms with E-state index in [1.165, 1.54) is 0 Å². The highest BCUT2D eigenvalue weighted by molar-refractivity contribution is 5.98. The number of rotatable bonds is 8. The van der Waals surface area contributed by atoms with Crippen LogP contribution in [0.3, 0.4) is 0 Å². The number of aryl methyl sites for hydroxylation is 1. The predicted octanol–water partition coefficient (Wildman–Crippen LogP) is 5.76. The van der Waals surface area contributed by atoms with Gasteiger partial charge in [-0.1, -0.05) is 12.1 Å². The number of alkyl carbamates (subject to hydrolysis) is 1. The van der Waals surface area contributed by atoms with Crippen LogP contribution in [0, 0.1) is 18.7 Å². The molecule has 1 saturated carbocycles. The Bertz CT molecular complexity index is 1460. The molecule has 2 N–H and O–H groups in total. The first-order valence-corrected chi connectivity index (χ1v) is 14.0. The summed E-state index contributed by atoms with van der Waals surface area (Å²) in [5.41, 5.74) is 2.84. The van der Waals surface area contributed by atoms with Crippen LogP contribution < -0.4 is 25.8 Å². The Kier molecular flexibility index (Phi) is 7.66. The number of fused-ring (bicyclic) bond motifs is 1. The van der Waals surface area contributed by atoms with E-state index < -0.39 is 11.7 Å². The number of hydrogen-bond acceptors (Lipinski definition) is 6. The van der Waals surface area contributed by atoms with Crippen molar-refractivity contribution in [1.82, 2.24) is 9.88 Å². The molecule has 1 aliphatic carbocycles. The number of aromatic nitrogens is 1. The third-order valence-electron chi connectivity index (χ3n) is 7.61. The van der Waals surface area contributed by atoms with Gasteiger partial charge in [0.25, 0.3) is 5.56 Å². The van der Waals surface area contributed by atoms with Crippen molar-refractivity contribution in [3.63, 3.8) is 0 Å². The molecular formula is C31H39FN4O4. The molecule has 1 aliphatic heterocycles. The third kappa shape index (κ3) is 5.88. The molecule has 2 fully saturated rings. The van der Waals surface area contributed by atoms with Crippen LogP contribution in [0.2, 0.25) is 0 Å². The third-order valence-corrected chi connectivity index (χ3v) is 7.61. The molecule has 0 radical (unpaired) electrons. The summed E-state index contributed by atoms with van der Waals surface area (Å²) in [6, 6.07) is 11.1. The largest absolute Gasteiger partial charge is 0.497 e. The van der Waals surface area contributed by atoms with Crippen LogP contribution in [0.1, 0.15) is 57.2 Å². The maximum atomic E-state index is 16.5. The number of pyridine rings is 1. The predicted molar refractivity (Wildman–Crippen MR) is 156 cm³/mol. The van der Waals surface area contributed by atoms with Crippen molar-refractivity contribution in [3.05, 3.63) is 63.7 Å². The van der Waals surface area contributed by atoms with Gasteiger partial charge in [0.05, 0.1) is 24.0 Å². The van der Waals surface area contributed by atoms with Crippen molar-refractivity contribution >= 4 is 28.4 Å². The van der Waals surface area contributed by atoms with E-state index in [-0.39, 0.29) is 23.3 Å². The summed E-state index contributed by atoms with van der Waals surface area (Å²) in [4.78, 5) is 27.2. The Morgan fingerprint density at radius 2 is 1.82 bits per heavy atom. The molecule has 40 heavy (non-hydrogen) atoms. The molecule has 3 aromatic rings. The zero-order valence-electron chi connectivity index (χ0n) is 24.0. The van der Waals surface area contributed by atoms with Gasteiger partial charge in [-0.15, -0.1) is 0 Å². The van der Waals surface area contributed by atoms with Gasteiger partial charge in [0.15, 0.2) is 5.82 Å². The second-order valence-corrected chi connectivity index (χ2v) is 11.9. The van der Waals surface area contributed by atoms with Gasteiger partial charge in [0.1, 0.15) is 11.4 Å². The average molecular weight is 551 g/mol. The first-order valence-electron chi connectivity index (χ1n) is 14.0. The van der Waals surface area contributed by atoms with Gasteiger partial charge in [-0.2, -0.15) is 0 Å². The molecule has 1 amide bonds. The van der Waals surface area contributed by atoms with Crippen LogP contribution in [0.25, 0.3) is 10.9 Å². The van der Waals surface area contributed by atoms with Crippen molar-refractivity contribution in [2.45, 2.75) is 65.1 Å². The molecule has 8 nitrogen and oxygen atoms in total. The summed E-state index contributed by atoms with van der Waals surface area (Å²) in [5.74, 6) is 0.593. The Morgan fingerprint density at radius 1 is 1.10 bits per heavy atom. The number of carbonyl (C=O) groups is 1. The van der Waals surface area contributed by atoms with Crippen molar-refractivity contribution < 1.29 is 18.7 Å². The Morgan fingerprint density at radius 3 is 2.48 bits per heavy atom. The van der Waals surface area contributed by atoms with E-state index in [1.807, 2.05) is 56.5 Å². The second kappa shape index (κ2) is 11.0. The topological polar surface area (TPSA) is 84.8 Å². The van der Waals surface area contributed by atoms with Crippen molar-refractivity contribution in [1.29, 1.82) is 0 Å². The highest BCUT2D eigenvalue weighted by atomic mass is 19.1. The number of nitrogens with zero attached hydrogens (tertiary/aromatic N) is 2. The fourth-order valence-corrected chi connectivity index (χ4v) is 5.57. The lowest BCUT2D eigenvalue weighted by atomic mass is 10.0. The number of ether oxygens (including phenoxy) is 2. The lowest BCUT2D eigenvalue weighted by molar-refractivity contribution is 0.0520. The van der Waals surface area contributed by atoms with E-state index in [1.54, 1.807) is 19.2 Å². The molecule has 0 bridgehead atoms. The minimum absolute atomic E-state index is 0.0578. The van der Waals surface area contributed by atoms with Crippen LogP contribution in [-0.4, -0.2) is 43.0 Å². The van der Waals surface area contributed by atoms with Gasteiger partial charge in [-0.25, -0.2) is 9.18 Å². The Balaban J connectivity index is 1.46. The minimum atomic E-state index is -0.566. The lowest BCUT2D eigenvalue weighted by Gasteiger charge is -2.27. The molecule has 1 aromatic heterocycles. The number of hydrogen-bond donors (Lipinski definition) is 2. The number of anilines is 2. The lowest BCUT2D eigenvalue weighted by Crippen LogP contribution is -2.36. The van der Waals surface area contributed by atoms with Gasteiger partial charge >= 0.3 is 6.09 Å². The van der Waals surface area contributed by atoms with Gasteiger partial charge < -0.3 is 29.6 Å². The highest BCUT2D eigenvalue weighted by Gasteiger charge is 2.32. The number of halogens is 1. The molecular weight excluding hydrogens is 511 g/mol. The van der Waals surface area contributed by atoms with E-state index in [4.69, 9.17) is 9.47 Å². The fraction of sp³-hybridized carbons (Fsp3) is 0.484. The molecule has 5 rings (SSSR count). The van der Waals surface area contributed by atoms with E-state index >= 15 is 4.39 Å². The van der Waals surface area contributed by atoms with Crippen LogP contribution in [0.15, 0.2) is 41.2 Å². The molecule has 1 atom stereocenters. The first kappa shape index (κ1) is 27.8. The SMILES string of the molecule is COc1ccc(CNc2c(F)c(N3CCC(CNC(=O)OC(C)(C)C)C3)c(C)c3c2ccc(=O)n3C2CC2)cc1. The summed E-state index contributed by atoms with van der Waals surface area (Å²) in [5, 5.41) is 6.92. The number of benzene rings is 2. The zero-order chi connectivity index (χ0) is 28.6. The number of nitrogens with one attached hydrogen (secondary N) is 2.